The summed E-state index contributed by atoms with van der Waals surface area (Å²) in [5.74, 6) is 1.04. The number of fused-ring (bicyclic) bond motifs is 1. The third-order valence-electron chi connectivity index (χ3n) is 6.12. The number of aromatic amines is 1. The first kappa shape index (κ1) is 20.6. The van der Waals surface area contributed by atoms with Crippen molar-refractivity contribution < 1.29 is 8.78 Å². The van der Waals surface area contributed by atoms with Gasteiger partial charge in [0.15, 0.2) is 10.6 Å². The Morgan fingerprint density at radius 2 is 1.88 bits per heavy atom. The van der Waals surface area contributed by atoms with Crippen LogP contribution in [0.25, 0.3) is 17.1 Å². The van der Waals surface area contributed by atoms with E-state index < -0.39 is 12.5 Å². The van der Waals surface area contributed by atoms with Crippen LogP contribution >= 0.6 is 12.2 Å². The summed E-state index contributed by atoms with van der Waals surface area (Å²) in [5.41, 5.74) is 4.63. The van der Waals surface area contributed by atoms with E-state index in [1.807, 2.05) is 66.9 Å². The van der Waals surface area contributed by atoms with Gasteiger partial charge in [0.25, 0.3) is 6.43 Å². The van der Waals surface area contributed by atoms with Gasteiger partial charge in [0.2, 0.25) is 0 Å². The molecule has 9 heteroatoms. The fourth-order valence-corrected chi connectivity index (χ4v) is 4.51. The Bertz CT molecular complexity index is 1320. The molecule has 0 unspecified atom stereocenters. The monoisotopic (exact) mass is 452 g/mol. The van der Waals surface area contributed by atoms with Gasteiger partial charge in [0, 0.05) is 0 Å². The number of rotatable bonds is 4. The first-order valence-electron chi connectivity index (χ1n) is 10.4. The van der Waals surface area contributed by atoms with Gasteiger partial charge in [-0.1, -0.05) is 42.5 Å². The van der Waals surface area contributed by atoms with Gasteiger partial charge < -0.3 is 5.32 Å². The van der Waals surface area contributed by atoms with Crippen LogP contribution in [0.1, 0.15) is 35.2 Å². The molecule has 6 nitrogen and oxygen atoms in total. The molecular weight excluding hydrogens is 430 g/mol. The summed E-state index contributed by atoms with van der Waals surface area (Å²) in [6.07, 6.45) is -0.730. The van der Waals surface area contributed by atoms with Crippen LogP contribution in [0.3, 0.4) is 0 Å². The maximum atomic E-state index is 14.0. The molecule has 3 heterocycles. The number of hydrogen-bond acceptors (Lipinski definition) is 4. The average Bonchev–Trinajstić information content (AvgIpc) is 3.38. The Morgan fingerprint density at radius 1 is 1.09 bits per heavy atom. The van der Waals surface area contributed by atoms with Gasteiger partial charge >= 0.3 is 0 Å². The van der Waals surface area contributed by atoms with Gasteiger partial charge in [-0.15, -0.1) is 0 Å². The zero-order valence-electron chi connectivity index (χ0n) is 17.6. The molecule has 5 rings (SSSR count). The molecule has 0 fully saturated rings. The lowest BCUT2D eigenvalue weighted by Crippen LogP contribution is -2.31. The molecule has 1 aliphatic heterocycles. The molecule has 2 aromatic carbocycles. The van der Waals surface area contributed by atoms with Crippen molar-refractivity contribution in [2.75, 3.05) is 5.32 Å². The Kier molecular flexibility index (Phi) is 5.13. The van der Waals surface area contributed by atoms with E-state index in [1.165, 1.54) is 4.68 Å². The van der Waals surface area contributed by atoms with Crippen LogP contribution < -0.4 is 5.32 Å². The minimum Gasteiger partial charge on any atom is -0.363 e. The van der Waals surface area contributed by atoms with Gasteiger partial charge in [0.1, 0.15) is 11.9 Å². The van der Waals surface area contributed by atoms with E-state index in [0.29, 0.717) is 22.0 Å². The standard InChI is InChI=1S/C23H22F2N6S/c1-13-7-6-10-18(14(13)2)30-22(28-29-23(30)32)16-12-26-31-19(20(24)25)11-17(27-21(16)31)15-8-4-3-5-9-15/h3-10,12,17,19-20,27H,11H2,1-2H3,(H,29,32)/t17-,19+/m0/s1. The summed E-state index contributed by atoms with van der Waals surface area (Å²) >= 11 is 5.53. The minimum absolute atomic E-state index is 0.236. The molecule has 164 valence electrons. The highest BCUT2D eigenvalue weighted by Gasteiger charge is 2.36. The normalized spacial score (nSPS) is 17.9. The predicted molar refractivity (Wildman–Crippen MR) is 122 cm³/mol. The number of halogens is 2. The summed E-state index contributed by atoms with van der Waals surface area (Å²) < 4.78 is 31.7. The van der Waals surface area contributed by atoms with Crippen molar-refractivity contribution in [3.8, 4) is 17.1 Å². The van der Waals surface area contributed by atoms with Crippen molar-refractivity contribution in [1.82, 2.24) is 24.5 Å². The van der Waals surface area contributed by atoms with Crippen LogP contribution in [0.2, 0.25) is 0 Å². The third-order valence-corrected chi connectivity index (χ3v) is 6.39. The molecule has 2 atom stereocenters. The summed E-state index contributed by atoms with van der Waals surface area (Å²) in [5, 5.41) is 15.0. The van der Waals surface area contributed by atoms with E-state index >= 15 is 0 Å². The van der Waals surface area contributed by atoms with Crippen LogP contribution in [0.4, 0.5) is 14.6 Å². The smallest absolute Gasteiger partial charge is 0.260 e. The molecule has 0 bridgehead atoms. The largest absolute Gasteiger partial charge is 0.363 e. The zero-order valence-corrected chi connectivity index (χ0v) is 18.4. The number of benzene rings is 2. The topological polar surface area (TPSA) is 63.5 Å². The summed E-state index contributed by atoms with van der Waals surface area (Å²) in [6.45, 7) is 4.05. The van der Waals surface area contributed by atoms with Gasteiger partial charge in [-0.3, -0.25) is 9.67 Å². The maximum absolute atomic E-state index is 14.0. The van der Waals surface area contributed by atoms with Gasteiger partial charge in [0.05, 0.1) is 23.5 Å². The Balaban J connectivity index is 1.66. The van der Waals surface area contributed by atoms with E-state index in [0.717, 1.165) is 22.4 Å². The first-order chi connectivity index (χ1) is 15.5. The Labute approximate surface area is 188 Å². The van der Waals surface area contributed by atoms with E-state index in [1.54, 1.807) is 6.20 Å². The van der Waals surface area contributed by atoms with Crippen LogP contribution in [0, 0.1) is 18.6 Å². The van der Waals surface area contributed by atoms with Crippen molar-refractivity contribution in [1.29, 1.82) is 0 Å². The molecule has 2 aromatic heterocycles. The summed E-state index contributed by atoms with van der Waals surface area (Å²) in [6, 6.07) is 14.3. The zero-order chi connectivity index (χ0) is 22.4. The van der Waals surface area contributed by atoms with Gasteiger partial charge in [-0.25, -0.2) is 13.5 Å². The molecule has 0 saturated carbocycles. The Hall–Kier alpha value is -3.33. The number of H-pyrrole nitrogens is 1. The molecule has 1 aliphatic rings. The summed E-state index contributed by atoms with van der Waals surface area (Å²) in [4.78, 5) is 0. The molecule has 2 N–H and O–H groups in total. The fourth-order valence-electron chi connectivity index (χ4n) is 4.28. The molecule has 0 aliphatic carbocycles. The SMILES string of the molecule is Cc1cccc(-n2c(-c3cnn4c3N[C@H](c3ccccc3)C[C@@H]4C(F)F)n[nH]c2=S)c1C. The predicted octanol–water partition coefficient (Wildman–Crippen LogP) is 5.77. The third kappa shape index (κ3) is 3.33. The lowest BCUT2D eigenvalue weighted by Gasteiger charge is -2.32. The van der Waals surface area contributed by atoms with Crippen LogP contribution in [-0.4, -0.2) is 31.0 Å². The van der Waals surface area contributed by atoms with Crippen LogP contribution in [-0.2, 0) is 0 Å². The second-order valence-corrected chi connectivity index (χ2v) is 8.39. The first-order valence-corrected chi connectivity index (χ1v) is 10.8. The highest BCUT2D eigenvalue weighted by atomic mass is 32.1. The van der Waals surface area contributed by atoms with Crippen molar-refractivity contribution in [3.63, 3.8) is 0 Å². The second-order valence-electron chi connectivity index (χ2n) is 8.00. The van der Waals surface area contributed by atoms with Crippen molar-refractivity contribution in [3.05, 3.63) is 76.2 Å². The molecule has 0 spiro atoms. The number of hydrogen-bond donors (Lipinski definition) is 2. The molecular formula is C23H22F2N6S. The van der Waals surface area contributed by atoms with Crippen molar-refractivity contribution in [2.24, 2.45) is 0 Å². The lowest BCUT2D eigenvalue weighted by atomic mass is 9.97. The van der Waals surface area contributed by atoms with E-state index in [-0.39, 0.29) is 12.5 Å². The second kappa shape index (κ2) is 7.98. The van der Waals surface area contributed by atoms with Gasteiger partial charge in [-0.05, 0) is 55.2 Å². The number of aromatic nitrogens is 5. The number of nitrogens with zero attached hydrogens (tertiary/aromatic N) is 4. The van der Waals surface area contributed by atoms with E-state index in [2.05, 4.69) is 20.6 Å². The van der Waals surface area contributed by atoms with Crippen molar-refractivity contribution >= 4 is 18.0 Å². The molecule has 32 heavy (non-hydrogen) atoms. The van der Waals surface area contributed by atoms with Crippen LogP contribution in [0.15, 0.2) is 54.7 Å². The van der Waals surface area contributed by atoms with E-state index in [4.69, 9.17) is 12.2 Å². The minimum atomic E-state index is -2.55. The Morgan fingerprint density at radius 3 is 2.62 bits per heavy atom. The van der Waals surface area contributed by atoms with Crippen molar-refractivity contribution in [2.45, 2.75) is 38.8 Å². The number of anilines is 1. The highest BCUT2D eigenvalue weighted by Crippen LogP contribution is 2.42. The van der Waals surface area contributed by atoms with Crippen LogP contribution in [0.5, 0.6) is 0 Å². The average molecular weight is 453 g/mol. The number of nitrogens with one attached hydrogen (secondary N) is 2. The fraction of sp³-hybridized carbons (Fsp3) is 0.261. The molecule has 0 saturated heterocycles. The molecule has 0 radical (unpaired) electrons. The van der Waals surface area contributed by atoms with E-state index in [9.17, 15) is 8.78 Å². The quantitative estimate of drug-likeness (QED) is 0.386. The summed E-state index contributed by atoms with van der Waals surface area (Å²) in [7, 11) is 0. The maximum Gasteiger partial charge on any atom is 0.260 e. The molecule has 0 amide bonds. The number of alkyl halides is 2. The van der Waals surface area contributed by atoms with Gasteiger partial charge in [-0.2, -0.15) is 10.2 Å². The number of aryl methyl sites for hydroxylation is 1. The lowest BCUT2D eigenvalue weighted by molar-refractivity contribution is 0.0659. The molecule has 4 aromatic rings. The highest BCUT2D eigenvalue weighted by molar-refractivity contribution is 7.71.